The molecule has 0 aromatic heterocycles. The molecule has 0 saturated carbocycles. The van der Waals surface area contributed by atoms with Crippen LogP contribution in [0.2, 0.25) is 5.02 Å². The van der Waals surface area contributed by atoms with Crippen molar-refractivity contribution in [3.8, 4) is 0 Å². The first-order valence-corrected chi connectivity index (χ1v) is 5.51. The van der Waals surface area contributed by atoms with Crippen molar-refractivity contribution in [1.29, 1.82) is 0 Å². The summed E-state index contributed by atoms with van der Waals surface area (Å²) in [6.45, 7) is 1.67. The van der Waals surface area contributed by atoms with E-state index in [0.717, 1.165) is 31.5 Å². The molecule has 0 spiro atoms. The number of likely N-dealkylation sites (tertiary alicyclic amines) is 1. The van der Waals surface area contributed by atoms with Gasteiger partial charge in [0.1, 0.15) is 0 Å². The molecule has 1 radical (unpaired) electrons. The highest BCUT2D eigenvalue weighted by Crippen LogP contribution is 2.14. The molecule has 1 heterocycles. The average molecular weight is 223 g/mol. The van der Waals surface area contributed by atoms with Crippen molar-refractivity contribution >= 4 is 17.5 Å². The number of hydrogen-bond donors (Lipinski definition) is 0. The molecule has 15 heavy (non-hydrogen) atoms. The molecule has 1 amide bonds. The molecule has 1 saturated heterocycles. The van der Waals surface area contributed by atoms with Crippen LogP contribution >= 0.6 is 11.6 Å². The molecule has 79 valence electrons. The number of carbonyl (C=O) groups excluding carboxylic acids is 1. The first kappa shape index (κ1) is 10.5. The van der Waals surface area contributed by atoms with Crippen molar-refractivity contribution in [1.82, 2.24) is 4.90 Å². The summed E-state index contributed by atoms with van der Waals surface area (Å²) in [5.41, 5.74) is 0.723. The van der Waals surface area contributed by atoms with E-state index in [-0.39, 0.29) is 5.91 Å². The summed E-state index contributed by atoms with van der Waals surface area (Å²) in [5, 5.41) is 0.665. The molecule has 1 fully saturated rings. The van der Waals surface area contributed by atoms with Gasteiger partial charge >= 0.3 is 0 Å². The first-order chi connectivity index (χ1) is 7.27. The van der Waals surface area contributed by atoms with Gasteiger partial charge in [0.2, 0.25) is 0 Å². The Kier molecular flexibility index (Phi) is 3.27. The van der Waals surface area contributed by atoms with Crippen LogP contribution in [0.15, 0.2) is 24.3 Å². The Bertz CT molecular complexity index is 341. The van der Waals surface area contributed by atoms with Gasteiger partial charge < -0.3 is 4.90 Å². The molecule has 0 bridgehead atoms. The first-order valence-electron chi connectivity index (χ1n) is 5.14. The van der Waals surface area contributed by atoms with Gasteiger partial charge in [0, 0.05) is 23.7 Å². The summed E-state index contributed by atoms with van der Waals surface area (Å²) >= 11 is 5.77. The molecule has 1 aromatic rings. The second-order valence-corrected chi connectivity index (χ2v) is 4.10. The maximum atomic E-state index is 12.0. The third-order valence-corrected chi connectivity index (χ3v) is 2.84. The Morgan fingerprint density at radius 1 is 1.13 bits per heavy atom. The van der Waals surface area contributed by atoms with Gasteiger partial charge in [-0.15, -0.1) is 0 Å². The van der Waals surface area contributed by atoms with Gasteiger partial charge in [-0.3, -0.25) is 4.79 Å². The lowest BCUT2D eigenvalue weighted by atomic mass is 10.1. The Balaban J connectivity index is 2.09. The van der Waals surface area contributed by atoms with Crippen molar-refractivity contribution < 1.29 is 4.79 Å². The monoisotopic (exact) mass is 222 g/mol. The summed E-state index contributed by atoms with van der Waals surface area (Å²) in [7, 11) is 0. The minimum absolute atomic E-state index is 0.111. The highest BCUT2D eigenvalue weighted by atomic mass is 35.5. The molecule has 1 aliphatic heterocycles. The van der Waals surface area contributed by atoms with Gasteiger partial charge in [-0.1, -0.05) is 11.6 Å². The number of amides is 1. The summed E-state index contributed by atoms with van der Waals surface area (Å²) in [6, 6.07) is 7.07. The van der Waals surface area contributed by atoms with E-state index in [4.69, 9.17) is 11.6 Å². The van der Waals surface area contributed by atoms with Gasteiger partial charge in [0.05, 0.1) is 0 Å². The maximum absolute atomic E-state index is 12.0. The Morgan fingerprint density at radius 3 is 2.33 bits per heavy atom. The molecule has 0 N–H and O–H groups in total. The molecule has 2 nitrogen and oxygen atoms in total. The SMILES string of the molecule is O=C(c1ccc(Cl)cc1)N1CC[CH]CC1. The Morgan fingerprint density at radius 2 is 1.73 bits per heavy atom. The molecule has 1 aliphatic rings. The van der Waals surface area contributed by atoms with E-state index in [1.165, 1.54) is 0 Å². The van der Waals surface area contributed by atoms with Crippen molar-refractivity contribution in [3.05, 3.63) is 41.3 Å². The Hall–Kier alpha value is -1.02. The van der Waals surface area contributed by atoms with Crippen LogP contribution in [-0.4, -0.2) is 23.9 Å². The fourth-order valence-corrected chi connectivity index (χ4v) is 1.85. The number of halogens is 1. The predicted molar refractivity (Wildman–Crippen MR) is 60.9 cm³/mol. The van der Waals surface area contributed by atoms with Crippen LogP contribution in [0.3, 0.4) is 0 Å². The lowest BCUT2D eigenvalue weighted by Gasteiger charge is -2.26. The third kappa shape index (κ3) is 2.51. The van der Waals surface area contributed by atoms with E-state index in [9.17, 15) is 4.79 Å². The molecule has 0 aliphatic carbocycles. The lowest BCUT2D eigenvalue weighted by molar-refractivity contribution is 0.0742. The largest absolute Gasteiger partial charge is 0.339 e. The molecule has 1 aromatic carbocycles. The smallest absolute Gasteiger partial charge is 0.253 e. The predicted octanol–water partition coefficient (Wildman–Crippen LogP) is 2.78. The van der Waals surface area contributed by atoms with Crippen molar-refractivity contribution in [2.24, 2.45) is 0 Å². The summed E-state index contributed by atoms with van der Waals surface area (Å²) in [6.07, 6.45) is 4.23. The zero-order chi connectivity index (χ0) is 10.7. The number of benzene rings is 1. The minimum Gasteiger partial charge on any atom is -0.339 e. The average Bonchev–Trinajstić information content (AvgIpc) is 2.30. The van der Waals surface area contributed by atoms with E-state index in [0.29, 0.717) is 5.02 Å². The fourth-order valence-electron chi connectivity index (χ4n) is 1.73. The van der Waals surface area contributed by atoms with Gasteiger partial charge in [-0.2, -0.15) is 0 Å². The molecular weight excluding hydrogens is 210 g/mol. The number of hydrogen-bond acceptors (Lipinski definition) is 1. The summed E-state index contributed by atoms with van der Waals surface area (Å²) in [4.78, 5) is 13.9. The number of rotatable bonds is 1. The van der Waals surface area contributed by atoms with Crippen LogP contribution in [0.25, 0.3) is 0 Å². The molecule has 2 rings (SSSR count). The third-order valence-electron chi connectivity index (χ3n) is 2.58. The molecule has 3 heteroatoms. The highest BCUT2D eigenvalue weighted by Gasteiger charge is 2.17. The van der Waals surface area contributed by atoms with Crippen molar-refractivity contribution in [3.63, 3.8) is 0 Å². The van der Waals surface area contributed by atoms with Gasteiger partial charge in [-0.25, -0.2) is 0 Å². The van der Waals surface area contributed by atoms with E-state index in [2.05, 4.69) is 6.42 Å². The van der Waals surface area contributed by atoms with Gasteiger partial charge in [0.15, 0.2) is 0 Å². The molecule has 0 atom stereocenters. The second-order valence-electron chi connectivity index (χ2n) is 3.67. The summed E-state index contributed by atoms with van der Waals surface area (Å²) in [5.74, 6) is 0.111. The van der Waals surface area contributed by atoms with Crippen LogP contribution < -0.4 is 0 Å². The zero-order valence-corrected chi connectivity index (χ0v) is 9.20. The molecular formula is C12H13ClNO. The van der Waals surface area contributed by atoms with Crippen LogP contribution in [0, 0.1) is 6.42 Å². The fraction of sp³-hybridized carbons (Fsp3) is 0.333. The van der Waals surface area contributed by atoms with Crippen molar-refractivity contribution in [2.75, 3.05) is 13.1 Å². The topological polar surface area (TPSA) is 20.3 Å². The van der Waals surface area contributed by atoms with E-state index in [1.807, 2.05) is 4.90 Å². The van der Waals surface area contributed by atoms with E-state index < -0.39 is 0 Å². The maximum Gasteiger partial charge on any atom is 0.253 e. The minimum atomic E-state index is 0.111. The molecule has 0 unspecified atom stereocenters. The number of carbonyl (C=O) groups is 1. The van der Waals surface area contributed by atoms with Crippen LogP contribution in [-0.2, 0) is 0 Å². The number of piperidine rings is 1. The van der Waals surface area contributed by atoms with Gasteiger partial charge in [-0.05, 0) is 43.5 Å². The Labute approximate surface area is 94.8 Å². The lowest BCUT2D eigenvalue weighted by Crippen LogP contribution is -2.35. The quantitative estimate of drug-likeness (QED) is 0.716. The zero-order valence-electron chi connectivity index (χ0n) is 8.45. The standard InChI is InChI=1S/C12H13ClNO/c13-11-6-4-10(5-7-11)12(15)14-8-2-1-3-9-14/h1,4-7H,2-3,8-9H2. The van der Waals surface area contributed by atoms with Crippen LogP contribution in [0.1, 0.15) is 23.2 Å². The second kappa shape index (κ2) is 4.67. The van der Waals surface area contributed by atoms with Crippen LogP contribution in [0.4, 0.5) is 0 Å². The van der Waals surface area contributed by atoms with Crippen LogP contribution in [0.5, 0.6) is 0 Å². The number of nitrogens with zero attached hydrogens (tertiary/aromatic N) is 1. The van der Waals surface area contributed by atoms with E-state index >= 15 is 0 Å². The van der Waals surface area contributed by atoms with Gasteiger partial charge in [0.25, 0.3) is 5.91 Å². The normalized spacial score (nSPS) is 16.5. The summed E-state index contributed by atoms with van der Waals surface area (Å²) < 4.78 is 0. The van der Waals surface area contributed by atoms with E-state index in [1.54, 1.807) is 24.3 Å². The highest BCUT2D eigenvalue weighted by molar-refractivity contribution is 6.30. The van der Waals surface area contributed by atoms with Crippen molar-refractivity contribution in [2.45, 2.75) is 12.8 Å².